The van der Waals surface area contributed by atoms with Crippen molar-refractivity contribution in [3.63, 3.8) is 0 Å². The van der Waals surface area contributed by atoms with Gasteiger partial charge in [0.25, 0.3) is 5.69 Å². The van der Waals surface area contributed by atoms with Crippen molar-refractivity contribution in [2.45, 2.75) is 13.1 Å². The number of alkyl halides is 3. The number of halogens is 3. The molecule has 0 fully saturated rings. The number of anilines is 1. The third kappa shape index (κ3) is 4.34. The van der Waals surface area contributed by atoms with Gasteiger partial charge < -0.3 is 4.74 Å². The maximum absolute atomic E-state index is 13.4. The topological polar surface area (TPSA) is 99.3 Å². The molecule has 3 rings (SSSR count). The third-order valence-electron chi connectivity index (χ3n) is 3.85. The summed E-state index contributed by atoms with van der Waals surface area (Å²) in [6, 6.07) is 12.8. The molecule has 0 atom stereocenters. The summed E-state index contributed by atoms with van der Waals surface area (Å²) in [4.78, 5) is 22.1. The van der Waals surface area contributed by atoms with Crippen molar-refractivity contribution in [2.75, 3.05) is 5.32 Å². The molecule has 0 aliphatic heterocycles. The lowest BCUT2D eigenvalue weighted by Gasteiger charge is -2.09. The van der Waals surface area contributed by atoms with Gasteiger partial charge in [-0.2, -0.15) is 18.3 Å². The number of nitro benzene ring substituents is 1. The van der Waals surface area contributed by atoms with Crippen molar-refractivity contribution in [3.8, 4) is 11.4 Å². The number of aromatic nitrogens is 2. The lowest BCUT2D eigenvalue weighted by molar-refractivity contribution is -0.384. The number of carbonyl (C=O) groups excluding carboxylic acids is 1. The van der Waals surface area contributed by atoms with E-state index in [9.17, 15) is 28.1 Å². The molecule has 11 heteroatoms. The minimum atomic E-state index is -4.85. The average molecular weight is 406 g/mol. The maximum Gasteiger partial charge on any atom is 0.438 e. The summed E-state index contributed by atoms with van der Waals surface area (Å²) in [5.41, 5.74) is -1.10. The second-order valence-corrected chi connectivity index (χ2v) is 5.83. The van der Waals surface area contributed by atoms with Crippen molar-refractivity contribution >= 4 is 17.5 Å². The molecule has 0 aliphatic rings. The second kappa shape index (κ2) is 7.62. The van der Waals surface area contributed by atoms with E-state index in [0.29, 0.717) is 5.69 Å². The van der Waals surface area contributed by atoms with E-state index in [-0.39, 0.29) is 17.1 Å². The minimum Gasteiger partial charge on any atom is -0.406 e. The van der Waals surface area contributed by atoms with E-state index in [0.717, 1.165) is 16.8 Å². The van der Waals surface area contributed by atoms with E-state index in [1.165, 1.54) is 19.1 Å². The summed E-state index contributed by atoms with van der Waals surface area (Å²) in [6.45, 7) is 1.34. The highest BCUT2D eigenvalue weighted by Crippen LogP contribution is 2.38. The summed E-state index contributed by atoms with van der Waals surface area (Å²) >= 11 is 0. The van der Waals surface area contributed by atoms with Gasteiger partial charge in [0, 0.05) is 17.8 Å². The number of ether oxygens (including phenoxy) is 1. The number of amides is 1. The molecule has 1 amide bonds. The van der Waals surface area contributed by atoms with Crippen LogP contribution in [-0.2, 0) is 6.18 Å². The van der Waals surface area contributed by atoms with Gasteiger partial charge in [0.2, 0.25) is 5.69 Å². The van der Waals surface area contributed by atoms with Crippen LogP contribution in [0.15, 0.2) is 54.6 Å². The highest BCUT2D eigenvalue weighted by molar-refractivity contribution is 5.86. The summed E-state index contributed by atoms with van der Waals surface area (Å²) in [7, 11) is 0. The van der Waals surface area contributed by atoms with E-state index >= 15 is 0 Å². The van der Waals surface area contributed by atoms with Crippen molar-refractivity contribution in [2.24, 2.45) is 0 Å². The van der Waals surface area contributed by atoms with Crippen LogP contribution in [0.25, 0.3) is 5.69 Å². The van der Waals surface area contributed by atoms with Crippen LogP contribution < -0.4 is 10.1 Å². The van der Waals surface area contributed by atoms with E-state index in [1.54, 1.807) is 30.3 Å². The van der Waals surface area contributed by atoms with Crippen LogP contribution in [0.4, 0.5) is 29.3 Å². The first-order valence-corrected chi connectivity index (χ1v) is 8.12. The van der Waals surface area contributed by atoms with Crippen LogP contribution in [0, 0.1) is 17.0 Å². The molecule has 3 aromatic rings. The molecular formula is C18H13F3N4O4. The molecule has 150 valence electrons. The Balaban J connectivity index is 1.88. The molecule has 1 heterocycles. The number of benzene rings is 2. The summed E-state index contributed by atoms with van der Waals surface area (Å²) in [5.74, 6) is -0.735. The monoisotopic (exact) mass is 406 g/mol. The van der Waals surface area contributed by atoms with Crippen molar-refractivity contribution in [1.82, 2.24) is 9.78 Å². The zero-order valence-corrected chi connectivity index (χ0v) is 14.8. The molecule has 1 aromatic heterocycles. The zero-order valence-electron chi connectivity index (χ0n) is 14.8. The number of nitrogens with one attached hydrogen (secondary N) is 1. The number of hydrogen-bond donors (Lipinski definition) is 1. The Morgan fingerprint density at radius 3 is 2.31 bits per heavy atom. The molecule has 8 nitrogen and oxygen atoms in total. The third-order valence-corrected chi connectivity index (χ3v) is 3.85. The first-order chi connectivity index (χ1) is 13.7. The van der Waals surface area contributed by atoms with Gasteiger partial charge in [-0.05, 0) is 31.2 Å². The van der Waals surface area contributed by atoms with E-state index in [2.05, 4.69) is 10.4 Å². The van der Waals surface area contributed by atoms with Crippen molar-refractivity contribution in [3.05, 3.63) is 76.1 Å². The Hall–Kier alpha value is -3.89. The summed E-state index contributed by atoms with van der Waals surface area (Å²) in [5, 5.41) is 16.4. The van der Waals surface area contributed by atoms with Crippen molar-refractivity contribution < 1.29 is 27.6 Å². The van der Waals surface area contributed by atoms with Gasteiger partial charge in [0.1, 0.15) is 0 Å². The Kier molecular flexibility index (Phi) is 5.22. The number of nitro groups is 1. The van der Waals surface area contributed by atoms with Gasteiger partial charge >= 0.3 is 12.3 Å². The summed E-state index contributed by atoms with van der Waals surface area (Å²) in [6.07, 6.45) is -6.05. The van der Waals surface area contributed by atoms with Crippen LogP contribution in [0.3, 0.4) is 0 Å². The molecule has 1 N–H and O–H groups in total. The molecule has 0 bridgehead atoms. The zero-order chi connectivity index (χ0) is 21.2. The number of para-hydroxylation sites is 1. The molecule has 0 unspecified atom stereocenters. The highest BCUT2D eigenvalue weighted by atomic mass is 19.4. The predicted octanol–water partition coefficient (Wildman–Crippen LogP) is 4.72. The van der Waals surface area contributed by atoms with Crippen LogP contribution in [0.2, 0.25) is 0 Å². The van der Waals surface area contributed by atoms with Crippen LogP contribution in [0.5, 0.6) is 5.75 Å². The maximum atomic E-state index is 13.4. The standard InChI is InChI=1S/C18H13F3N4O4/c1-11-15(29-17(26)22-12-7-9-14(10-8-12)25(27)28)16(18(19,20)21)23-24(11)13-5-3-2-4-6-13/h2-10H,1H3,(H,22,26). The van der Waals surface area contributed by atoms with Gasteiger partial charge in [-0.3, -0.25) is 15.4 Å². The normalized spacial score (nSPS) is 11.2. The smallest absolute Gasteiger partial charge is 0.406 e. The largest absolute Gasteiger partial charge is 0.438 e. The number of nitrogens with zero attached hydrogens (tertiary/aromatic N) is 3. The fourth-order valence-corrected chi connectivity index (χ4v) is 2.52. The lowest BCUT2D eigenvalue weighted by atomic mass is 10.3. The number of rotatable bonds is 4. The quantitative estimate of drug-likeness (QED) is 0.499. The van der Waals surface area contributed by atoms with Gasteiger partial charge in [0.05, 0.1) is 16.3 Å². The van der Waals surface area contributed by atoms with Crippen molar-refractivity contribution in [1.29, 1.82) is 0 Å². The molecule has 29 heavy (non-hydrogen) atoms. The SMILES string of the molecule is Cc1c(OC(=O)Nc2ccc([N+](=O)[O-])cc2)c(C(F)(F)F)nn1-c1ccccc1. The molecule has 0 saturated carbocycles. The Bertz CT molecular complexity index is 1050. The fraction of sp³-hybridized carbons (Fsp3) is 0.111. The van der Waals surface area contributed by atoms with E-state index in [4.69, 9.17) is 4.74 Å². The van der Waals surface area contributed by atoms with Crippen LogP contribution in [-0.4, -0.2) is 20.8 Å². The molecular weight excluding hydrogens is 393 g/mol. The van der Waals surface area contributed by atoms with Gasteiger partial charge in [-0.1, -0.05) is 18.2 Å². The fourth-order valence-electron chi connectivity index (χ4n) is 2.52. The Morgan fingerprint density at radius 1 is 1.14 bits per heavy atom. The summed E-state index contributed by atoms with van der Waals surface area (Å²) < 4.78 is 46.1. The second-order valence-electron chi connectivity index (χ2n) is 5.83. The molecule has 0 spiro atoms. The predicted molar refractivity (Wildman–Crippen MR) is 96.0 cm³/mol. The lowest BCUT2D eigenvalue weighted by Crippen LogP contribution is -2.19. The van der Waals surface area contributed by atoms with Crippen LogP contribution in [0.1, 0.15) is 11.4 Å². The number of carbonyl (C=O) groups is 1. The first-order valence-electron chi connectivity index (χ1n) is 8.12. The molecule has 2 aromatic carbocycles. The van der Waals surface area contributed by atoms with E-state index in [1.807, 2.05) is 0 Å². The molecule has 0 saturated heterocycles. The number of hydrogen-bond acceptors (Lipinski definition) is 5. The number of non-ortho nitro benzene ring substituents is 1. The van der Waals surface area contributed by atoms with Gasteiger partial charge in [-0.25, -0.2) is 9.48 Å². The first kappa shape index (κ1) is 19.9. The van der Waals surface area contributed by atoms with Gasteiger partial charge in [-0.15, -0.1) is 0 Å². The van der Waals surface area contributed by atoms with E-state index < -0.39 is 28.6 Å². The highest BCUT2D eigenvalue weighted by Gasteiger charge is 2.40. The Morgan fingerprint density at radius 2 is 1.76 bits per heavy atom. The Labute approximate surface area is 161 Å². The van der Waals surface area contributed by atoms with Gasteiger partial charge in [0.15, 0.2) is 5.75 Å². The average Bonchev–Trinajstić information content (AvgIpc) is 2.99. The minimum absolute atomic E-state index is 0.0256. The molecule has 0 aliphatic carbocycles. The molecule has 0 radical (unpaired) electrons. The van der Waals surface area contributed by atoms with Crippen LogP contribution >= 0.6 is 0 Å².